The van der Waals surface area contributed by atoms with Crippen molar-refractivity contribution in [3.8, 4) is 44.5 Å². The van der Waals surface area contributed by atoms with Crippen LogP contribution in [0, 0.1) is 0 Å². The molecule has 0 unspecified atom stereocenters. The molecule has 0 saturated carbocycles. The summed E-state index contributed by atoms with van der Waals surface area (Å²) in [4.78, 5) is 2.40. The molecular weight excluding hydrogens is 749 g/mol. The van der Waals surface area contributed by atoms with Crippen LogP contribution in [-0.4, -0.2) is 4.40 Å². The van der Waals surface area contributed by atoms with Crippen LogP contribution in [0.3, 0.4) is 0 Å². The lowest BCUT2D eigenvalue weighted by molar-refractivity contribution is 0.659. The highest BCUT2D eigenvalue weighted by atomic mass is 32.1. The molecule has 9 aromatic carbocycles. The van der Waals surface area contributed by atoms with E-state index in [1.54, 1.807) is 0 Å². The highest BCUT2D eigenvalue weighted by molar-refractivity contribution is 7.26. The second kappa shape index (κ2) is 14.0. The van der Waals surface area contributed by atoms with Gasteiger partial charge in [-0.2, -0.15) is 0 Å². The van der Waals surface area contributed by atoms with E-state index in [-0.39, 0.29) is 0 Å². The van der Waals surface area contributed by atoms with Gasteiger partial charge in [-0.1, -0.05) is 170 Å². The summed E-state index contributed by atoms with van der Waals surface area (Å²) in [6.45, 7) is 0. The Morgan fingerprint density at radius 3 is 1.60 bits per heavy atom. The quantitative estimate of drug-likeness (QED) is 0.160. The van der Waals surface area contributed by atoms with Crippen molar-refractivity contribution >= 4 is 76.3 Å². The van der Waals surface area contributed by atoms with E-state index in [9.17, 15) is 0 Å². The zero-order valence-corrected chi connectivity index (χ0v) is 33.3. The summed E-state index contributed by atoms with van der Waals surface area (Å²) in [5.41, 5.74) is 16.5. The van der Waals surface area contributed by atoms with E-state index >= 15 is 0 Å². The lowest BCUT2D eigenvalue weighted by Crippen LogP contribution is -2.10. The first-order chi connectivity index (χ1) is 29.8. The van der Waals surface area contributed by atoms with Gasteiger partial charge in [0.15, 0.2) is 5.58 Å². The molecule has 282 valence electrons. The van der Waals surface area contributed by atoms with Crippen molar-refractivity contribution in [2.24, 2.45) is 0 Å². The van der Waals surface area contributed by atoms with Gasteiger partial charge in [0.2, 0.25) is 5.71 Å². The Morgan fingerprint density at radius 2 is 0.900 bits per heavy atom. The van der Waals surface area contributed by atoms with Gasteiger partial charge in [0.25, 0.3) is 0 Å². The fourth-order valence-corrected chi connectivity index (χ4v) is 10.2. The number of aromatic nitrogens is 1. The SMILES string of the molecule is c1ccc(-c2ccc(-c3ccc(N(c4ccc(-c5cccc6c5oc5c(-c7ccccc7)c7ccccc7n56)cc4)c4cccc5c4sc4ccccc45)cc3)cc2)cc1. The highest BCUT2D eigenvalue weighted by Crippen LogP contribution is 2.46. The van der Waals surface area contributed by atoms with Crippen molar-refractivity contribution in [1.29, 1.82) is 0 Å². The third-order valence-corrected chi connectivity index (χ3v) is 13.0. The van der Waals surface area contributed by atoms with Crippen molar-refractivity contribution in [3.05, 3.63) is 218 Å². The van der Waals surface area contributed by atoms with Crippen LogP contribution in [0.4, 0.5) is 17.1 Å². The van der Waals surface area contributed by atoms with Crippen LogP contribution in [0.5, 0.6) is 0 Å². The molecule has 0 aliphatic heterocycles. The number of rotatable bonds is 7. The topological polar surface area (TPSA) is 20.8 Å². The van der Waals surface area contributed by atoms with Crippen LogP contribution in [0.2, 0.25) is 0 Å². The molecule has 0 bridgehead atoms. The fourth-order valence-electron chi connectivity index (χ4n) is 8.98. The first kappa shape index (κ1) is 34.4. The number of para-hydroxylation sites is 2. The molecule has 0 atom stereocenters. The molecule has 12 rings (SSSR count). The molecule has 0 saturated heterocycles. The Balaban J connectivity index is 0.969. The number of thiophene rings is 1. The van der Waals surface area contributed by atoms with E-state index in [1.165, 1.54) is 47.8 Å². The Morgan fingerprint density at radius 1 is 0.383 bits per heavy atom. The zero-order chi connectivity index (χ0) is 39.6. The fraction of sp³-hybridized carbons (Fsp3) is 0. The third-order valence-electron chi connectivity index (χ3n) is 11.8. The molecule has 3 aromatic heterocycles. The highest BCUT2D eigenvalue weighted by Gasteiger charge is 2.22. The van der Waals surface area contributed by atoms with Crippen LogP contribution in [0.25, 0.3) is 92.4 Å². The second-order valence-electron chi connectivity index (χ2n) is 15.3. The molecular formula is C56H36N2OS. The van der Waals surface area contributed by atoms with Gasteiger partial charge in [-0.25, -0.2) is 0 Å². The maximum Gasteiger partial charge on any atom is 0.213 e. The molecule has 0 N–H and O–H groups in total. The van der Waals surface area contributed by atoms with Crippen molar-refractivity contribution in [2.75, 3.05) is 4.90 Å². The molecule has 12 aromatic rings. The van der Waals surface area contributed by atoms with Crippen molar-refractivity contribution < 1.29 is 4.42 Å². The number of benzene rings is 9. The first-order valence-electron chi connectivity index (χ1n) is 20.3. The summed E-state index contributed by atoms with van der Waals surface area (Å²) in [5.74, 6) is 0. The number of anilines is 3. The summed E-state index contributed by atoms with van der Waals surface area (Å²) in [7, 11) is 0. The van der Waals surface area contributed by atoms with Gasteiger partial charge in [0.05, 0.1) is 27.0 Å². The summed E-state index contributed by atoms with van der Waals surface area (Å²) >= 11 is 1.85. The van der Waals surface area contributed by atoms with Gasteiger partial charge in [-0.05, 0) is 81.9 Å². The van der Waals surface area contributed by atoms with Gasteiger partial charge in [-0.15, -0.1) is 11.3 Å². The second-order valence-corrected chi connectivity index (χ2v) is 16.3. The van der Waals surface area contributed by atoms with E-state index in [0.29, 0.717) is 0 Å². The van der Waals surface area contributed by atoms with Crippen LogP contribution in [0.1, 0.15) is 0 Å². The molecule has 0 spiro atoms. The van der Waals surface area contributed by atoms with Gasteiger partial charge >= 0.3 is 0 Å². The monoisotopic (exact) mass is 784 g/mol. The number of nitrogens with zero attached hydrogens (tertiary/aromatic N) is 2. The van der Waals surface area contributed by atoms with Crippen LogP contribution < -0.4 is 4.90 Å². The summed E-state index contributed by atoms with van der Waals surface area (Å²) in [6.07, 6.45) is 0. The van der Waals surface area contributed by atoms with Crippen molar-refractivity contribution in [3.63, 3.8) is 0 Å². The summed E-state index contributed by atoms with van der Waals surface area (Å²) < 4.78 is 11.8. The molecule has 0 fully saturated rings. The average Bonchev–Trinajstić information content (AvgIpc) is 4.00. The summed E-state index contributed by atoms with van der Waals surface area (Å²) in [6, 6.07) is 78.4. The molecule has 4 heteroatoms. The number of fused-ring (bicyclic) bond motifs is 8. The maximum atomic E-state index is 6.93. The Hall–Kier alpha value is -7.66. The van der Waals surface area contributed by atoms with E-state index in [4.69, 9.17) is 4.42 Å². The van der Waals surface area contributed by atoms with Gasteiger partial charge in [-0.3, -0.25) is 4.40 Å². The standard InChI is InChI=1S/C56H36N2OS/c1-3-13-37(14-4-1)38-25-27-39(28-26-38)40-29-33-43(34-30-40)57(51-23-12-20-47-46-17-8-10-24-52(46)60-55(47)51)44-35-31-41(32-36-44)45-19-11-22-50-54(45)59-56-53(42-15-5-2-6-16-42)48-18-7-9-21-49(48)58(50)56/h1-36H. The average molecular weight is 785 g/mol. The van der Waals surface area contributed by atoms with E-state index in [2.05, 4.69) is 228 Å². The summed E-state index contributed by atoms with van der Waals surface area (Å²) in [5, 5.41) is 3.74. The molecule has 3 heterocycles. The van der Waals surface area contributed by atoms with Crippen molar-refractivity contribution in [1.82, 2.24) is 4.40 Å². The zero-order valence-electron chi connectivity index (χ0n) is 32.5. The minimum absolute atomic E-state index is 0.861. The minimum atomic E-state index is 0.861. The lowest BCUT2D eigenvalue weighted by atomic mass is 10.00. The Bertz CT molecular complexity index is 3510. The van der Waals surface area contributed by atoms with Crippen LogP contribution >= 0.6 is 11.3 Å². The lowest BCUT2D eigenvalue weighted by Gasteiger charge is -2.26. The molecule has 3 nitrogen and oxygen atoms in total. The third kappa shape index (κ3) is 5.57. The van der Waals surface area contributed by atoms with E-state index in [0.717, 1.165) is 61.6 Å². The molecule has 0 amide bonds. The number of hydrogen-bond acceptors (Lipinski definition) is 3. The van der Waals surface area contributed by atoms with Crippen LogP contribution in [0.15, 0.2) is 223 Å². The number of oxazole rings is 1. The normalized spacial score (nSPS) is 11.7. The number of hydrogen-bond donors (Lipinski definition) is 0. The van der Waals surface area contributed by atoms with Gasteiger partial charge in [0, 0.05) is 37.8 Å². The first-order valence-corrected chi connectivity index (χ1v) is 21.2. The predicted molar refractivity (Wildman–Crippen MR) is 254 cm³/mol. The Labute approximate surface area is 351 Å². The van der Waals surface area contributed by atoms with E-state index in [1.807, 2.05) is 11.3 Å². The minimum Gasteiger partial charge on any atom is -0.437 e. The van der Waals surface area contributed by atoms with Gasteiger partial charge < -0.3 is 9.32 Å². The molecule has 0 aliphatic carbocycles. The largest absolute Gasteiger partial charge is 0.437 e. The predicted octanol–water partition coefficient (Wildman–Crippen LogP) is 16.3. The van der Waals surface area contributed by atoms with Crippen LogP contribution in [-0.2, 0) is 0 Å². The maximum absolute atomic E-state index is 6.93. The molecule has 60 heavy (non-hydrogen) atoms. The van der Waals surface area contributed by atoms with Gasteiger partial charge in [0.1, 0.15) is 0 Å². The van der Waals surface area contributed by atoms with Crippen molar-refractivity contribution in [2.45, 2.75) is 0 Å². The molecule has 0 aliphatic rings. The Kier molecular flexibility index (Phi) is 8.03. The molecule has 0 radical (unpaired) electrons. The smallest absolute Gasteiger partial charge is 0.213 e. The van der Waals surface area contributed by atoms with E-state index < -0.39 is 0 Å².